The van der Waals surface area contributed by atoms with Crippen molar-refractivity contribution in [2.45, 2.75) is 38.1 Å². The van der Waals surface area contributed by atoms with Crippen LogP contribution in [-0.2, 0) is 22.4 Å². The maximum atomic E-state index is 12.1. The molecule has 1 fully saturated rings. The second-order valence-corrected chi connectivity index (χ2v) is 5.80. The number of ether oxygens (including phenoxy) is 1. The van der Waals surface area contributed by atoms with E-state index in [0.29, 0.717) is 32.6 Å². The summed E-state index contributed by atoms with van der Waals surface area (Å²) in [6.07, 6.45) is 2.91. The van der Waals surface area contributed by atoms with E-state index in [0.717, 1.165) is 23.5 Å². The molecule has 2 heterocycles. The summed E-state index contributed by atoms with van der Waals surface area (Å²) in [5.74, 6) is -0.0678. The van der Waals surface area contributed by atoms with Crippen LogP contribution in [0.15, 0.2) is 5.38 Å². The number of hydrogen-bond donors (Lipinski definition) is 2. The Hall–Kier alpha value is -0.400. The Morgan fingerprint density at radius 3 is 2.71 bits per heavy atom. The molecule has 1 aliphatic rings. The third kappa shape index (κ3) is 5.71. The van der Waals surface area contributed by atoms with Gasteiger partial charge in [0.2, 0.25) is 5.91 Å². The summed E-state index contributed by atoms with van der Waals surface area (Å²) >= 11 is 1.67. The fraction of sp³-hybridized carbons (Fsp3) is 0.692. The van der Waals surface area contributed by atoms with E-state index in [1.54, 1.807) is 11.3 Å². The quantitative estimate of drug-likeness (QED) is 0.842. The zero-order chi connectivity index (χ0) is 13.7. The zero-order valence-corrected chi connectivity index (χ0v) is 14.5. The molecule has 2 rings (SSSR count). The highest BCUT2D eigenvalue weighted by molar-refractivity contribution is 7.09. The molecule has 0 radical (unpaired) electrons. The lowest BCUT2D eigenvalue weighted by atomic mass is 9.90. The molecule has 1 saturated heterocycles. The number of nitrogens with zero attached hydrogens (tertiary/aromatic N) is 1. The minimum Gasteiger partial charge on any atom is -0.381 e. The number of rotatable bonds is 5. The lowest BCUT2D eigenvalue weighted by Gasteiger charge is -2.31. The number of carbonyl (C=O) groups excluding carboxylic acids is 1. The Morgan fingerprint density at radius 2 is 2.14 bits per heavy atom. The van der Waals surface area contributed by atoms with E-state index < -0.39 is 5.54 Å². The van der Waals surface area contributed by atoms with Crippen LogP contribution in [0, 0.1) is 0 Å². The van der Waals surface area contributed by atoms with Crippen LogP contribution in [0.4, 0.5) is 0 Å². The Morgan fingerprint density at radius 1 is 1.48 bits per heavy atom. The molecule has 0 unspecified atom stereocenters. The van der Waals surface area contributed by atoms with E-state index in [4.69, 9.17) is 10.5 Å². The lowest BCUT2D eigenvalue weighted by Crippen LogP contribution is -2.57. The van der Waals surface area contributed by atoms with Gasteiger partial charge in [-0.3, -0.25) is 4.79 Å². The third-order valence-corrected chi connectivity index (χ3v) is 4.45. The molecule has 21 heavy (non-hydrogen) atoms. The molecule has 0 spiro atoms. The highest BCUT2D eigenvalue weighted by Crippen LogP contribution is 2.17. The van der Waals surface area contributed by atoms with Gasteiger partial charge in [0.1, 0.15) is 0 Å². The second-order valence-electron chi connectivity index (χ2n) is 4.86. The van der Waals surface area contributed by atoms with E-state index in [1.807, 2.05) is 0 Å². The molecule has 0 aliphatic carbocycles. The van der Waals surface area contributed by atoms with Gasteiger partial charge in [0, 0.05) is 31.6 Å². The molecule has 0 aromatic carbocycles. The first kappa shape index (κ1) is 20.6. The van der Waals surface area contributed by atoms with Crippen molar-refractivity contribution in [3.8, 4) is 0 Å². The average Bonchev–Trinajstić information content (AvgIpc) is 2.87. The van der Waals surface area contributed by atoms with Gasteiger partial charge in [-0.1, -0.05) is 6.92 Å². The fourth-order valence-electron chi connectivity index (χ4n) is 2.07. The summed E-state index contributed by atoms with van der Waals surface area (Å²) in [4.78, 5) is 16.5. The molecule has 1 aromatic heterocycles. The van der Waals surface area contributed by atoms with E-state index in [2.05, 4.69) is 22.6 Å². The van der Waals surface area contributed by atoms with Gasteiger partial charge in [-0.25, -0.2) is 4.98 Å². The average molecular weight is 356 g/mol. The van der Waals surface area contributed by atoms with Crippen molar-refractivity contribution in [3.63, 3.8) is 0 Å². The normalized spacial score (nSPS) is 16.5. The summed E-state index contributed by atoms with van der Waals surface area (Å²) in [5.41, 5.74) is 6.39. The van der Waals surface area contributed by atoms with Crippen molar-refractivity contribution in [3.05, 3.63) is 16.1 Å². The summed E-state index contributed by atoms with van der Waals surface area (Å²) in [6.45, 7) is 3.81. The first-order valence-corrected chi connectivity index (χ1v) is 7.60. The van der Waals surface area contributed by atoms with Crippen LogP contribution in [0.25, 0.3) is 0 Å². The molecular formula is C13H23Cl2N3O2S. The van der Waals surface area contributed by atoms with Crippen molar-refractivity contribution >= 4 is 42.1 Å². The summed E-state index contributed by atoms with van der Waals surface area (Å²) in [5, 5.41) is 6.11. The van der Waals surface area contributed by atoms with Gasteiger partial charge in [-0.15, -0.1) is 36.2 Å². The molecular weight excluding hydrogens is 333 g/mol. The maximum Gasteiger partial charge on any atom is 0.240 e. The number of thiazole rings is 1. The Bertz CT molecular complexity index is 437. The number of hydrogen-bond acceptors (Lipinski definition) is 5. The van der Waals surface area contributed by atoms with E-state index in [1.165, 1.54) is 0 Å². The van der Waals surface area contributed by atoms with Crippen LogP contribution in [0.3, 0.4) is 0 Å². The van der Waals surface area contributed by atoms with Gasteiger partial charge in [0.25, 0.3) is 0 Å². The summed E-state index contributed by atoms with van der Waals surface area (Å²) < 4.78 is 5.24. The largest absolute Gasteiger partial charge is 0.381 e. The van der Waals surface area contributed by atoms with Gasteiger partial charge >= 0.3 is 0 Å². The van der Waals surface area contributed by atoms with Crippen LogP contribution >= 0.6 is 36.2 Å². The molecule has 0 saturated carbocycles. The van der Waals surface area contributed by atoms with E-state index in [-0.39, 0.29) is 30.7 Å². The summed E-state index contributed by atoms with van der Waals surface area (Å²) in [7, 11) is 0. The van der Waals surface area contributed by atoms with Crippen LogP contribution in [-0.4, -0.2) is 36.2 Å². The second kappa shape index (κ2) is 9.58. The Labute approximate surface area is 141 Å². The van der Waals surface area contributed by atoms with Crippen molar-refractivity contribution in [2.75, 3.05) is 19.8 Å². The van der Waals surface area contributed by atoms with Gasteiger partial charge in [0.15, 0.2) is 0 Å². The van der Waals surface area contributed by atoms with E-state index >= 15 is 0 Å². The predicted octanol–water partition coefficient (Wildman–Crippen LogP) is 1.72. The van der Waals surface area contributed by atoms with Crippen molar-refractivity contribution < 1.29 is 9.53 Å². The number of amides is 1. The van der Waals surface area contributed by atoms with Gasteiger partial charge in [-0.2, -0.15) is 0 Å². The lowest BCUT2D eigenvalue weighted by molar-refractivity contribution is -0.129. The van der Waals surface area contributed by atoms with Gasteiger partial charge in [0.05, 0.1) is 16.2 Å². The van der Waals surface area contributed by atoms with Gasteiger partial charge < -0.3 is 15.8 Å². The number of aromatic nitrogens is 1. The highest BCUT2D eigenvalue weighted by Gasteiger charge is 2.35. The standard InChI is InChI=1S/C13H21N3O2S.2ClH/c1-2-11-16-10(9-19-11)3-6-15-12(17)13(14)4-7-18-8-5-13;;/h9H,2-8,14H2,1H3,(H,15,17);2*1H. The van der Waals surface area contributed by atoms with Crippen molar-refractivity contribution in [1.29, 1.82) is 0 Å². The maximum absolute atomic E-state index is 12.1. The molecule has 0 bridgehead atoms. The Balaban J connectivity index is 0.00000200. The van der Waals surface area contributed by atoms with Crippen LogP contribution in [0.1, 0.15) is 30.5 Å². The first-order valence-electron chi connectivity index (χ1n) is 6.72. The minimum atomic E-state index is -0.755. The van der Waals surface area contributed by atoms with Crippen molar-refractivity contribution in [2.24, 2.45) is 5.73 Å². The fourth-order valence-corrected chi connectivity index (χ4v) is 2.85. The number of halogens is 2. The van der Waals surface area contributed by atoms with E-state index in [9.17, 15) is 4.79 Å². The molecule has 0 atom stereocenters. The minimum absolute atomic E-state index is 0. The third-order valence-electron chi connectivity index (χ3n) is 3.41. The topological polar surface area (TPSA) is 77.2 Å². The first-order chi connectivity index (χ1) is 9.14. The molecule has 1 aromatic rings. The number of nitrogens with one attached hydrogen (secondary N) is 1. The summed E-state index contributed by atoms with van der Waals surface area (Å²) in [6, 6.07) is 0. The Kier molecular flexibility index (Phi) is 9.40. The zero-order valence-electron chi connectivity index (χ0n) is 12.1. The number of carbonyl (C=O) groups is 1. The van der Waals surface area contributed by atoms with Crippen LogP contribution < -0.4 is 11.1 Å². The monoisotopic (exact) mass is 355 g/mol. The molecule has 1 aliphatic heterocycles. The SMILES string of the molecule is CCc1nc(CCNC(=O)C2(N)CCOCC2)cs1.Cl.Cl. The van der Waals surface area contributed by atoms with Crippen LogP contribution in [0.5, 0.6) is 0 Å². The molecule has 3 N–H and O–H groups in total. The van der Waals surface area contributed by atoms with Gasteiger partial charge in [-0.05, 0) is 19.3 Å². The molecule has 122 valence electrons. The molecule has 1 amide bonds. The van der Waals surface area contributed by atoms with Crippen LogP contribution in [0.2, 0.25) is 0 Å². The molecule has 8 heteroatoms. The number of nitrogens with two attached hydrogens (primary N) is 1. The predicted molar refractivity (Wildman–Crippen MR) is 89.7 cm³/mol. The highest BCUT2D eigenvalue weighted by atomic mass is 35.5. The smallest absolute Gasteiger partial charge is 0.240 e. The number of aryl methyl sites for hydroxylation is 1. The molecule has 5 nitrogen and oxygen atoms in total. The van der Waals surface area contributed by atoms with Crippen molar-refractivity contribution in [1.82, 2.24) is 10.3 Å².